The summed E-state index contributed by atoms with van der Waals surface area (Å²) in [6.45, 7) is 9.39. The summed E-state index contributed by atoms with van der Waals surface area (Å²) in [6, 6.07) is 4.67. The molecule has 29 heavy (non-hydrogen) atoms. The predicted octanol–water partition coefficient (Wildman–Crippen LogP) is 2.57. The van der Waals surface area contributed by atoms with Crippen molar-refractivity contribution in [3.63, 3.8) is 0 Å². The Morgan fingerprint density at radius 2 is 2.07 bits per heavy atom. The van der Waals surface area contributed by atoms with Crippen LogP contribution < -0.4 is 10.6 Å². The number of esters is 2. The molecule has 0 bridgehead atoms. The molecule has 0 radical (unpaired) electrons. The molecule has 0 amide bonds. The van der Waals surface area contributed by atoms with Crippen molar-refractivity contribution in [3.05, 3.63) is 33.9 Å². The predicted molar refractivity (Wildman–Crippen MR) is 108 cm³/mol. The van der Waals surface area contributed by atoms with Crippen molar-refractivity contribution < 1.29 is 24.0 Å². The van der Waals surface area contributed by atoms with Gasteiger partial charge in [-0.15, -0.1) is 0 Å². The molecule has 2 rings (SSSR count). The van der Waals surface area contributed by atoms with Gasteiger partial charge in [0.25, 0.3) is 5.69 Å². The lowest BCUT2D eigenvalue weighted by atomic mass is 9.77. The lowest BCUT2D eigenvalue weighted by Crippen LogP contribution is -2.64. The summed E-state index contributed by atoms with van der Waals surface area (Å²) in [7, 11) is 0. The molecule has 1 aliphatic heterocycles. The summed E-state index contributed by atoms with van der Waals surface area (Å²) in [4.78, 5) is 37.1. The van der Waals surface area contributed by atoms with Gasteiger partial charge in [0.1, 0.15) is 17.2 Å². The van der Waals surface area contributed by atoms with Crippen LogP contribution in [0, 0.1) is 23.0 Å². The third-order valence-corrected chi connectivity index (χ3v) is 4.68. The number of hydrogen-bond acceptors (Lipinski definition) is 8. The number of anilines is 1. The lowest BCUT2D eigenvalue weighted by Gasteiger charge is -2.43. The zero-order valence-corrected chi connectivity index (χ0v) is 17.5. The van der Waals surface area contributed by atoms with E-state index < -0.39 is 33.9 Å². The number of hydrogen-bond donors (Lipinski definition) is 2. The summed E-state index contributed by atoms with van der Waals surface area (Å²) in [5, 5.41) is 17.7. The number of nitrogens with zero attached hydrogens (tertiary/aromatic N) is 1. The van der Waals surface area contributed by atoms with Crippen LogP contribution in [0.3, 0.4) is 0 Å². The minimum atomic E-state index is -1.50. The zero-order chi connectivity index (χ0) is 21.8. The van der Waals surface area contributed by atoms with E-state index >= 15 is 0 Å². The number of rotatable bonds is 6. The molecule has 9 heteroatoms. The fraction of sp³-hybridized carbons (Fsp3) is 0.600. The molecular weight excluding hydrogens is 378 g/mol. The number of benzene rings is 1. The Kier molecular flexibility index (Phi) is 6.84. The van der Waals surface area contributed by atoms with Crippen LogP contribution in [-0.4, -0.2) is 47.7 Å². The van der Waals surface area contributed by atoms with Crippen molar-refractivity contribution in [1.29, 1.82) is 0 Å². The maximum absolute atomic E-state index is 13.3. The number of nitro groups is 1. The molecule has 1 aromatic carbocycles. The molecular formula is C20H29N3O6. The molecule has 1 fully saturated rings. The standard InChI is InChI=1S/C20H29N3O6/c1-6-28-17(24)14-12-21-10-9-20(14,18(25)29-19(3,4)5)22-15-8-7-13(2)11-16(15)23(26)27/h7-8,11,14,21-22H,6,9-10,12H2,1-5H3/t14-,20-/m1/s1. The molecule has 160 valence electrons. The first-order valence-electron chi connectivity index (χ1n) is 9.64. The highest BCUT2D eigenvalue weighted by Crippen LogP contribution is 2.36. The Hall–Kier alpha value is -2.68. The summed E-state index contributed by atoms with van der Waals surface area (Å²) in [6.07, 6.45) is 0.205. The highest BCUT2D eigenvalue weighted by molar-refractivity contribution is 5.93. The van der Waals surface area contributed by atoms with E-state index in [9.17, 15) is 19.7 Å². The van der Waals surface area contributed by atoms with Gasteiger partial charge in [-0.2, -0.15) is 0 Å². The first kappa shape index (κ1) is 22.6. The average molecular weight is 407 g/mol. The van der Waals surface area contributed by atoms with E-state index in [2.05, 4.69) is 10.6 Å². The molecule has 1 aliphatic rings. The topological polar surface area (TPSA) is 120 Å². The highest BCUT2D eigenvalue weighted by atomic mass is 16.6. The van der Waals surface area contributed by atoms with E-state index in [-0.39, 0.29) is 30.9 Å². The van der Waals surface area contributed by atoms with Crippen LogP contribution in [0.25, 0.3) is 0 Å². The maximum atomic E-state index is 13.3. The second-order valence-electron chi connectivity index (χ2n) is 8.13. The van der Waals surface area contributed by atoms with Gasteiger partial charge >= 0.3 is 11.9 Å². The van der Waals surface area contributed by atoms with Crippen LogP contribution in [-0.2, 0) is 19.1 Å². The Labute approximate surface area is 170 Å². The second-order valence-corrected chi connectivity index (χ2v) is 8.13. The highest BCUT2D eigenvalue weighted by Gasteiger charge is 2.54. The van der Waals surface area contributed by atoms with E-state index in [1.54, 1.807) is 46.8 Å². The summed E-state index contributed by atoms with van der Waals surface area (Å²) < 4.78 is 10.8. The minimum Gasteiger partial charge on any atom is -0.466 e. The molecule has 1 saturated heterocycles. The Bertz CT molecular complexity index is 789. The van der Waals surface area contributed by atoms with Gasteiger partial charge in [0.05, 0.1) is 11.5 Å². The molecule has 0 spiro atoms. The fourth-order valence-corrected chi connectivity index (χ4v) is 3.36. The van der Waals surface area contributed by atoms with Crippen LogP contribution >= 0.6 is 0 Å². The fourth-order valence-electron chi connectivity index (χ4n) is 3.36. The van der Waals surface area contributed by atoms with Crippen LogP contribution in [0.5, 0.6) is 0 Å². The smallest absolute Gasteiger partial charge is 0.333 e. The van der Waals surface area contributed by atoms with Crippen LogP contribution in [0.1, 0.15) is 39.7 Å². The van der Waals surface area contributed by atoms with Crippen molar-refractivity contribution in [2.45, 2.75) is 52.2 Å². The van der Waals surface area contributed by atoms with E-state index in [1.807, 2.05) is 0 Å². The molecule has 1 heterocycles. The van der Waals surface area contributed by atoms with Crippen LogP contribution in [0.15, 0.2) is 18.2 Å². The van der Waals surface area contributed by atoms with Gasteiger partial charge < -0.3 is 20.1 Å². The number of nitro benzene ring substituents is 1. The number of carbonyl (C=O) groups excluding carboxylic acids is 2. The third-order valence-electron chi connectivity index (χ3n) is 4.68. The van der Waals surface area contributed by atoms with Gasteiger partial charge in [0.2, 0.25) is 0 Å². The first-order valence-corrected chi connectivity index (χ1v) is 9.64. The zero-order valence-electron chi connectivity index (χ0n) is 17.5. The van der Waals surface area contributed by atoms with Crippen molar-refractivity contribution >= 4 is 23.3 Å². The van der Waals surface area contributed by atoms with E-state index in [0.29, 0.717) is 12.1 Å². The van der Waals surface area contributed by atoms with Crippen LogP contribution in [0.4, 0.5) is 11.4 Å². The number of ether oxygens (including phenoxy) is 2. The molecule has 0 unspecified atom stereocenters. The van der Waals surface area contributed by atoms with E-state index in [4.69, 9.17) is 9.47 Å². The van der Waals surface area contributed by atoms with Gasteiger partial charge in [-0.05, 0) is 59.2 Å². The number of carbonyl (C=O) groups is 2. The quantitative estimate of drug-likeness (QED) is 0.419. The second kappa shape index (κ2) is 8.77. The summed E-state index contributed by atoms with van der Waals surface area (Å²) >= 11 is 0. The number of nitrogens with one attached hydrogen (secondary N) is 2. The molecule has 1 aromatic rings. The largest absolute Gasteiger partial charge is 0.466 e. The van der Waals surface area contributed by atoms with Gasteiger partial charge in [0.15, 0.2) is 5.54 Å². The van der Waals surface area contributed by atoms with E-state index in [0.717, 1.165) is 0 Å². The lowest BCUT2D eigenvalue weighted by molar-refractivity contribution is -0.384. The number of aryl methyl sites for hydroxylation is 1. The Morgan fingerprint density at radius 1 is 1.38 bits per heavy atom. The molecule has 0 saturated carbocycles. The monoisotopic (exact) mass is 407 g/mol. The van der Waals surface area contributed by atoms with Gasteiger partial charge in [0, 0.05) is 12.6 Å². The molecule has 0 aliphatic carbocycles. The van der Waals surface area contributed by atoms with Gasteiger partial charge in [-0.1, -0.05) is 6.07 Å². The minimum absolute atomic E-state index is 0.155. The van der Waals surface area contributed by atoms with Crippen molar-refractivity contribution in [2.75, 3.05) is 25.0 Å². The van der Waals surface area contributed by atoms with Crippen molar-refractivity contribution in [3.8, 4) is 0 Å². The average Bonchev–Trinajstić information content (AvgIpc) is 2.62. The van der Waals surface area contributed by atoms with Gasteiger partial charge in [-0.3, -0.25) is 14.9 Å². The first-order chi connectivity index (χ1) is 13.5. The van der Waals surface area contributed by atoms with Gasteiger partial charge in [-0.25, -0.2) is 4.79 Å². The Morgan fingerprint density at radius 3 is 2.66 bits per heavy atom. The molecule has 9 nitrogen and oxygen atoms in total. The SMILES string of the molecule is CCOC(=O)[C@H]1CNCC[C@]1(Nc1ccc(C)cc1[N+](=O)[O-])C(=O)OC(C)(C)C. The number of piperidine rings is 1. The third kappa shape index (κ3) is 5.23. The Balaban J connectivity index is 2.57. The van der Waals surface area contributed by atoms with Crippen LogP contribution in [0.2, 0.25) is 0 Å². The maximum Gasteiger partial charge on any atom is 0.333 e. The summed E-state index contributed by atoms with van der Waals surface area (Å²) in [5.74, 6) is -2.11. The van der Waals surface area contributed by atoms with Crippen molar-refractivity contribution in [2.24, 2.45) is 5.92 Å². The molecule has 2 atom stereocenters. The molecule has 0 aromatic heterocycles. The van der Waals surface area contributed by atoms with E-state index in [1.165, 1.54) is 6.07 Å². The summed E-state index contributed by atoms with van der Waals surface area (Å²) in [5.41, 5.74) is -1.60. The molecule has 2 N–H and O–H groups in total. The van der Waals surface area contributed by atoms with Crippen molar-refractivity contribution in [1.82, 2.24) is 5.32 Å². The normalized spacial score (nSPS) is 21.9.